The molecule has 1 saturated heterocycles. The van der Waals surface area contributed by atoms with E-state index in [4.69, 9.17) is 14.9 Å². The first-order chi connectivity index (χ1) is 11.8. The van der Waals surface area contributed by atoms with Crippen LogP contribution < -0.4 is 15.8 Å². The van der Waals surface area contributed by atoms with Crippen LogP contribution in [0.4, 0.5) is 5.69 Å². The number of guanidine groups is 1. The average molecular weight is 328 g/mol. The van der Waals surface area contributed by atoms with Crippen LogP contribution in [-0.2, 0) is 0 Å². The van der Waals surface area contributed by atoms with Crippen LogP contribution in [0.25, 0.3) is 0 Å². The second-order valence-corrected chi connectivity index (χ2v) is 5.86. The molecule has 128 valence electrons. The molecule has 0 radical (unpaired) electrons. The fraction of sp³-hybridized carbons (Fsp3) is 0.389. The van der Waals surface area contributed by atoms with Gasteiger partial charge in [-0.2, -0.15) is 0 Å². The van der Waals surface area contributed by atoms with Crippen LogP contribution in [0.2, 0.25) is 0 Å². The third-order valence-corrected chi connectivity index (χ3v) is 4.23. The van der Waals surface area contributed by atoms with E-state index in [1.54, 1.807) is 13.4 Å². The third-order valence-electron chi connectivity index (χ3n) is 4.23. The van der Waals surface area contributed by atoms with E-state index in [0.717, 1.165) is 30.3 Å². The lowest BCUT2D eigenvalue weighted by Crippen LogP contribution is -2.30. The van der Waals surface area contributed by atoms with Gasteiger partial charge in [-0.3, -0.25) is 9.89 Å². The van der Waals surface area contributed by atoms with E-state index < -0.39 is 0 Å². The Balaban J connectivity index is 1.66. The first kappa shape index (κ1) is 16.4. The monoisotopic (exact) mass is 328 g/mol. The number of likely N-dealkylation sites (tertiary alicyclic amines) is 1. The minimum atomic E-state index is 0.133. The summed E-state index contributed by atoms with van der Waals surface area (Å²) in [6.07, 6.45) is 4.15. The standard InChI is InChI=1S/C18H24N4O2/c1-23-15-7-4-6-14(12-15)21-18(19)20-13-16(17-8-5-11-24-17)22-9-2-3-10-22/h4-8,11-12,16H,2-3,9-10,13H2,1H3,(H3,19,20,21). The van der Waals surface area contributed by atoms with Gasteiger partial charge in [0.2, 0.25) is 0 Å². The maximum absolute atomic E-state index is 6.05. The highest BCUT2D eigenvalue weighted by Crippen LogP contribution is 2.25. The lowest BCUT2D eigenvalue weighted by molar-refractivity contribution is 0.221. The number of nitrogens with one attached hydrogen (secondary N) is 1. The third kappa shape index (κ3) is 4.08. The normalized spacial score (nSPS) is 17.0. The quantitative estimate of drug-likeness (QED) is 0.630. The van der Waals surface area contributed by atoms with Crippen molar-refractivity contribution in [3.05, 3.63) is 48.4 Å². The van der Waals surface area contributed by atoms with Crippen LogP contribution in [0.1, 0.15) is 24.6 Å². The molecule has 1 aliphatic heterocycles. The van der Waals surface area contributed by atoms with Gasteiger partial charge in [0.25, 0.3) is 0 Å². The molecule has 1 aliphatic rings. The molecule has 1 aromatic heterocycles. The Morgan fingerprint density at radius 2 is 2.17 bits per heavy atom. The van der Waals surface area contributed by atoms with Crippen molar-refractivity contribution in [2.45, 2.75) is 18.9 Å². The maximum atomic E-state index is 6.05. The van der Waals surface area contributed by atoms with Gasteiger partial charge < -0.3 is 20.2 Å². The molecule has 24 heavy (non-hydrogen) atoms. The molecule has 0 amide bonds. The Morgan fingerprint density at radius 3 is 2.88 bits per heavy atom. The predicted molar refractivity (Wildman–Crippen MR) is 95.4 cm³/mol. The van der Waals surface area contributed by atoms with Crippen molar-refractivity contribution < 1.29 is 9.15 Å². The van der Waals surface area contributed by atoms with Crippen LogP contribution in [-0.4, -0.2) is 37.6 Å². The summed E-state index contributed by atoms with van der Waals surface area (Å²) in [5.41, 5.74) is 6.90. The van der Waals surface area contributed by atoms with Crippen LogP contribution >= 0.6 is 0 Å². The fourth-order valence-electron chi connectivity index (χ4n) is 2.99. The second-order valence-electron chi connectivity index (χ2n) is 5.86. The number of methoxy groups -OCH3 is 1. The molecular formula is C18H24N4O2. The molecule has 0 bridgehead atoms. The Morgan fingerprint density at radius 1 is 1.33 bits per heavy atom. The van der Waals surface area contributed by atoms with Crippen LogP contribution in [0.15, 0.2) is 52.1 Å². The van der Waals surface area contributed by atoms with Crippen LogP contribution in [0, 0.1) is 0 Å². The van der Waals surface area contributed by atoms with Gasteiger partial charge in [0.05, 0.1) is 26.0 Å². The summed E-state index contributed by atoms with van der Waals surface area (Å²) in [7, 11) is 1.64. The summed E-state index contributed by atoms with van der Waals surface area (Å²) in [6.45, 7) is 2.71. The number of rotatable bonds is 6. The van der Waals surface area contributed by atoms with E-state index in [9.17, 15) is 0 Å². The van der Waals surface area contributed by atoms with Crippen molar-refractivity contribution in [1.29, 1.82) is 0 Å². The van der Waals surface area contributed by atoms with E-state index in [2.05, 4.69) is 15.2 Å². The number of nitrogens with zero attached hydrogens (tertiary/aromatic N) is 2. The van der Waals surface area contributed by atoms with E-state index in [1.165, 1.54) is 12.8 Å². The highest BCUT2D eigenvalue weighted by Gasteiger charge is 2.25. The highest BCUT2D eigenvalue weighted by atomic mass is 16.5. The number of ether oxygens (including phenoxy) is 1. The van der Waals surface area contributed by atoms with E-state index in [1.807, 2.05) is 36.4 Å². The van der Waals surface area contributed by atoms with Gasteiger partial charge in [0.15, 0.2) is 5.96 Å². The van der Waals surface area contributed by atoms with Gasteiger partial charge in [-0.05, 0) is 50.2 Å². The van der Waals surface area contributed by atoms with Gasteiger partial charge in [0, 0.05) is 11.8 Å². The molecule has 1 aromatic carbocycles. The summed E-state index contributed by atoms with van der Waals surface area (Å²) in [4.78, 5) is 6.92. The lowest BCUT2D eigenvalue weighted by atomic mass is 10.2. The topological polar surface area (TPSA) is 76.0 Å². The summed E-state index contributed by atoms with van der Waals surface area (Å²) in [5, 5.41) is 3.11. The Hall–Kier alpha value is -2.47. The van der Waals surface area contributed by atoms with Crippen LogP contribution in [0.5, 0.6) is 5.75 Å². The highest BCUT2D eigenvalue weighted by molar-refractivity contribution is 5.92. The zero-order chi connectivity index (χ0) is 16.8. The van der Waals surface area contributed by atoms with E-state index >= 15 is 0 Å². The first-order valence-electron chi connectivity index (χ1n) is 8.24. The molecular weight excluding hydrogens is 304 g/mol. The van der Waals surface area contributed by atoms with Crippen molar-refractivity contribution in [3.63, 3.8) is 0 Å². The number of hydrogen-bond acceptors (Lipinski definition) is 4. The molecule has 1 unspecified atom stereocenters. The smallest absolute Gasteiger partial charge is 0.193 e. The molecule has 0 saturated carbocycles. The Bertz CT molecular complexity index is 663. The molecule has 2 heterocycles. The summed E-state index contributed by atoms with van der Waals surface area (Å²) < 4.78 is 10.8. The largest absolute Gasteiger partial charge is 0.497 e. The average Bonchev–Trinajstić information content (AvgIpc) is 3.29. The number of hydrogen-bond donors (Lipinski definition) is 2. The van der Waals surface area contributed by atoms with Gasteiger partial charge in [0.1, 0.15) is 11.5 Å². The Labute approximate surface area is 142 Å². The predicted octanol–water partition coefficient (Wildman–Crippen LogP) is 2.85. The maximum Gasteiger partial charge on any atom is 0.193 e. The fourth-order valence-corrected chi connectivity index (χ4v) is 2.99. The number of nitrogens with two attached hydrogens (primary N) is 1. The molecule has 6 heteroatoms. The summed E-state index contributed by atoms with van der Waals surface area (Å²) in [5.74, 6) is 2.10. The van der Waals surface area contributed by atoms with Gasteiger partial charge in [-0.1, -0.05) is 6.07 Å². The van der Waals surface area contributed by atoms with Crippen LogP contribution in [0.3, 0.4) is 0 Å². The summed E-state index contributed by atoms with van der Waals surface area (Å²) >= 11 is 0. The Kier molecular flexibility index (Phi) is 5.38. The van der Waals surface area contributed by atoms with Crippen molar-refractivity contribution >= 4 is 11.6 Å². The minimum Gasteiger partial charge on any atom is -0.497 e. The van der Waals surface area contributed by atoms with Crippen molar-refractivity contribution in [3.8, 4) is 5.75 Å². The number of aliphatic imine (C=N–C) groups is 1. The number of benzene rings is 1. The molecule has 3 rings (SSSR count). The van der Waals surface area contributed by atoms with Crippen molar-refractivity contribution in [2.75, 3.05) is 32.1 Å². The summed E-state index contributed by atoms with van der Waals surface area (Å²) in [6, 6.07) is 11.7. The molecule has 0 aliphatic carbocycles. The van der Waals surface area contributed by atoms with Crippen molar-refractivity contribution in [1.82, 2.24) is 4.90 Å². The van der Waals surface area contributed by atoms with E-state index in [-0.39, 0.29) is 6.04 Å². The zero-order valence-electron chi connectivity index (χ0n) is 13.9. The van der Waals surface area contributed by atoms with Gasteiger partial charge in [-0.15, -0.1) is 0 Å². The molecule has 1 atom stereocenters. The van der Waals surface area contributed by atoms with Crippen molar-refractivity contribution in [2.24, 2.45) is 10.7 Å². The minimum absolute atomic E-state index is 0.133. The zero-order valence-corrected chi connectivity index (χ0v) is 13.9. The SMILES string of the molecule is COc1cccc(NC(N)=NCC(c2ccco2)N2CCCC2)c1. The molecule has 6 nitrogen and oxygen atoms in total. The van der Waals surface area contributed by atoms with E-state index in [0.29, 0.717) is 12.5 Å². The molecule has 1 fully saturated rings. The lowest BCUT2D eigenvalue weighted by Gasteiger charge is -2.24. The molecule has 0 spiro atoms. The van der Waals surface area contributed by atoms with Gasteiger partial charge >= 0.3 is 0 Å². The molecule has 2 aromatic rings. The second kappa shape index (κ2) is 7.88. The van der Waals surface area contributed by atoms with Gasteiger partial charge in [-0.25, -0.2) is 0 Å². The first-order valence-corrected chi connectivity index (χ1v) is 8.24. The molecule has 3 N–H and O–H groups in total. The number of anilines is 1. The number of furan rings is 1.